The van der Waals surface area contributed by atoms with E-state index in [0.29, 0.717) is 6.42 Å². The number of alkyl halides is 1. The normalized spacial score (nSPS) is 18.9. The van der Waals surface area contributed by atoms with Gasteiger partial charge in [-0.3, -0.25) is 4.79 Å². The summed E-state index contributed by atoms with van der Waals surface area (Å²) in [6.45, 7) is 3.42. The number of hydrogen-bond acceptors (Lipinski definition) is 2. The summed E-state index contributed by atoms with van der Waals surface area (Å²) >= 11 is 2.92. The monoisotopic (exact) mass is 224 g/mol. The number of carbonyl (C=O) groups is 1. The third-order valence-electron chi connectivity index (χ3n) is 1.52. The summed E-state index contributed by atoms with van der Waals surface area (Å²) in [7, 11) is 0. The van der Waals surface area contributed by atoms with Crippen LogP contribution >= 0.6 is 15.9 Å². The van der Waals surface area contributed by atoms with Crippen molar-refractivity contribution in [1.29, 1.82) is 0 Å². The van der Waals surface area contributed by atoms with Crippen LogP contribution in [0.1, 0.15) is 26.7 Å². The highest BCUT2D eigenvalue weighted by Crippen LogP contribution is 2.23. The molecular weight excluding hydrogens is 212 g/mol. The summed E-state index contributed by atoms with van der Waals surface area (Å²) in [6, 6.07) is 0. The molecule has 0 saturated heterocycles. The molecule has 0 fully saturated rings. The molecule has 0 spiro atoms. The van der Waals surface area contributed by atoms with E-state index < -0.39 is 16.4 Å². The lowest BCUT2D eigenvalue weighted by atomic mass is 9.97. The van der Waals surface area contributed by atoms with E-state index >= 15 is 0 Å². The van der Waals surface area contributed by atoms with Gasteiger partial charge in [-0.25, -0.2) is 0 Å². The lowest BCUT2D eigenvalue weighted by Crippen LogP contribution is -2.40. The predicted octanol–water partition coefficient (Wildman–Crippen LogP) is 1.39. The molecule has 0 aromatic heterocycles. The second-order valence-electron chi connectivity index (χ2n) is 2.81. The van der Waals surface area contributed by atoms with Crippen molar-refractivity contribution < 1.29 is 15.0 Å². The molecule has 0 aromatic carbocycles. The Morgan fingerprint density at radius 3 is 2.45 bits per heavy atom. The summed E-state index contributed by atoms with van der Waals surface area (Å²) in [5, 5.41) is 18.1. The van der Waals surface area contributed by atoms with E-state index in [2.05, 4.69) is 15.9 Å². The number of halogens is 1. The molecule has 11 heavy (non-hydrogen) atoms. The molecule has 0 amide bonds. The zero-order valence-corrected chi connectivity index (χ0v) is 8.26. The molecule has 66 valence electrons. The van der Waals surface area contributed by atoms with Crippen molar-refractivity contribution in [3.8, 4) is 0 Å². The zero-order chi connectivity index (χ0) is 9.07. The van der Waals surface area contributed by atoms with E-state index in [1.165, 1.54) is 6.92 Å². The summed E-state index contributed by atoms with van der Waals surface area (Å²) in [6.07, 6.45) is 1.25. The van der Waals surface area contributed by atoms with E-state index in [0.717, 1.165) is 6.42 Å². The lowest BCUT2D eigenvalue weighted by molar-refractivity contribution is -0.140. The molecule has 0 unspecified atom stereocenters. The van der Waals surface area contributed by atoms with Crippen LogP contribution in [0.5, 0.6) is 0 Å². The van der Waals surface area contributed by atoms with Crippen LogP contribution in [-0.2, 0) is 4.79 Å². The Balaban J connectivity index is 4.16. The van der Waals surface area contributed by atoms with Crippen LogP contribution in [0.15, 0.2) is 0 Å². The Kier molecular flexibility index (Phi) is 4.03. The van der Waals surface area contributed by atoms with E-state index in [-0.39, 0.29) is 0 Å². The Labute approximate surface area is 74.5 Å². The average Bonchev–Trinajstić information content (AvgIpc) is 1.86. The highest BCUT2D eigenvalue weighted by Gasteiger charge is 2.34. The Hall–Kier alpha value is -0.0900. The molecule has 0 heterocycles. The van der Waals surface area contributed by atoms with Gasteiger partial charge in [0.05, 0.1) is 5.60 Å². The van der Waals surface area contributed by atoms with Gasteiger partial charge in [0, 0.05) is 0 Å². The fraction of sp³-hybridized carbons (Fsp3) is 0.857. The minimum Gasteiger partial charge on any atom is -0.480 e. The van der Waals surface area contributed by atoms with Gasteiger partial charge in [-0.05, 0) is 13.3 Å². The second-order valence-corrected chi connectivity index (χ2v) is 3.72. The molecule has 0 aromatic rings. The molecule has 0 bridgehead atoms. The van der Waals surface area contributed by atoms with Crippen LogP contribution in [-0.4, -0.2) is 26.6 Å². The summed E-state index contributed by atoms with van der Waals surface area (Å²) in [4.78, 5) is 9.53. The number of rotatable bonds is 4. The second kappa shape index (κ2) is 4.07. The molecule has 0 aliphatic rings. The molecule has 3 nitrogen and oxygen atoms in total. The standard InChI is InChI=1S/C7H13BrO3/c1-3-4-7(2,11)5(8)6(9)10/h5,11H,3-4H2,1-2H3,(H,9,10)/t5-,7-/m0/s1. The maximum absolute atomic E-state index is 10.4. The van der Waals surface area contributed by atoms with Gasteiger partial charge < -0.3 is 10.2 Å². The van der Waals surface area contributed by atoms with Gasteiger partial charge in [0.2, 0.25) is 0 Å². The van der Waals surface area contributed by atoms with Crippen LogP contribution in [0.2, 0.25) is 0 Å². The Bertz CT molecular complexity index is 145. The summed E-state index contributed by atoms with van der Waals surface area (Å²) in [5.74, 6) is -1.02. The van der Waals surface area contributed by atoms with Crippen molar-refractivity contribution in [3.63, 3.8) is 0 Å². The number of carboxylic acids is 1. The maximum atomic E-state index is 10.4. The molecule has 0 aliphatic carbocycles. The third-order valence-corrected chi connectivity index (χ3v) is 2.90. The van der Waals surface area contributed by atoms with Gasteiger partial charge in [0.25, 0.3) is 0 Å². The highest BCUT2D eigenvalue weighted by atomic mass is 79.9. The third kappa shape index (κ3) is 3.20. The number of carboxylic acid groups (broad SMARTS) is 1. The molecular formula is C7H13BrO3. The van der Waals surface area contributed by atoms with Gasteiger partial charge in [-0.2, -0.15) is 0 Å². The first kappa shape index (κ1) is 10.9. The largest absolute Gasteiger partial charge is 0.480 e. The SMILES string of the molecule is CCC[C@](C)(O)[C@@H](Br)C(=O)O. The smallest absolute Gasteiger partial charge is 0.320 e. The van der Waals surface area contributed by atoms with Crippen molar-refractivity contribution >= 4 is 21.9 Å². The Morgan fingerprint density at radius 2 is 2.18 bits per heavy atom. The quantitative estimate of drug-likeness (QED) is 0.710. The van der Waals surface area contributed by atoms with Gasteiger partial charge in [-0.1, -0.05) is 29.3 Å². The lowest BCUT2D eigenvalue weighted by Gasteiger charge is -2.25. The van der Waals surface area contributed by atoms with Crippen molar-refractivity contribution in [2.24, 2.45) is 0 Å². The minimum atomic E-state index is -1.15. The fourth-order valence-electron chi connectivity index (χ4n) is 0.899. The molecule has 0 aliphatic heterocycles. The van der Waals surface area contributed by atoms with Crippen LogP contribution in [0.3, 0.4) is 0 Å². The molecule has 2 N–H and O–H groups in total. The molecule has 0 saturated carbocycles. The molecule has 4 heteroatoms. The highest BCUT2D eigenvalue weighted by molar-refractivity contribution is 9.10. The average molecular weight is 225 g/mol. The van der Waals surface area contributed by atoms with E-state index in [9.17, 15) is 9.90 Å². The van der Waals surface area contributed by atoms with Crippen molar-refractivity contribution in [1.82, 2.24) is 0 Å². The summed E-state index contributed by atoms with van der Waals surface area (Å²) in [5.41, 5.74) is -1.15. The van der Waals surface area contributed by atoms with Crippen LogP contribution < -0.4 is 0 Å². The topological polar surface area (TPSA) is 57.5 Å². The zero-order valence-electron chi connectivity index (χ0n) is 6.67. The maximum Gasteiger partial charge on any atom is 0.320 e. The van der Waals surface area contributed by atoms with E-state index in [1.807, 2.05) is 6.92 Å². The van der Waals surface area contributed by atoms with Crippen molar-refractivity contribution in [3.05, 3.63) is 0 Å². The number of aliphatic hydroxyl groups is 1. The summed E-state index contributed by atoms with van der Waals surface area (Å²) < 4.78 is 0. The van der Waals surface area contributed by atoms with Gasteiger partial charge >= 0.3 is 5.97 Å². The van der Waals surface area contributed by atoms with Crippen molar-refractivity contribution in [2.75, 3.05) is 0 Å². The van der Waals surface area contributed by atoms with Crippen LogP contribution in [0, 0.1) is 0 Å². The van der Waals surface area contributed by atoms with E-state index in [4.69, 9.17) is 5.11 Å². The minimum absolute atomic E-state index is 0.481. The van der Waals surface area contributed by atoms with E-state index in [1.54, 1.807) is 0 Å². The Morgan fingerprint density at radius 1 is 1.73 bits per heavy atom. The van der Waals surface area contributed by atoms with Gasteiger partial charge in [0.1, 0.15) is 4.83 Å². The van der Waals surface area contributed by atoms with Crippen LogP contribution in [0.4, 0.5) is 0 Å². The predicted molar refractivity (Wildman–Crippen MR) is 45.9 cm³/mol. The van der Waals surface area contributed by atoms with Gasteiger partial charge in [0.15, 0.2) is 0 Å². The number of hydrogen-bond donors (Lipinski definition) is 2. The molecule has 0 rings (SSSR count). The van der Waals surface area contributed by atoms with Gasteiger partial charge in [-0.15, -0.1) is 0 Å². The number of aliphatic carboxylic acids is 1. The van der Waals surface area contributed by atoms with Crippen molar-refractivity contribution in [2.45, 2.75) is 37.1 Å². The molecule has 2 atom stereocenters. The first-order chi connectivity index (χ1) is 4.91. The molecule has 0 radical (unpaired) electrons. The first-order valence-electron chi connectivity index (χ1n) is 3.51. The van der Waals surface area contributed by atoms with Crippen LogP contribution in [0.25, 0.3) is 0 Å². The fourth-order valence-corrected chi connectivity index (χ4v) is 1.13. The first-order valence-corrected chi connectivity index (χ1v) is 4.42.